The molecule has 0 heterocycles. The Bertz CT molecular complexity index is 406. The fourth-order valence-corrected chi connectivity index (χ4v) is 4.03. The topological polar surface area (TPSA) is 0 Å². The van der Waals surface area contributed by atoms with Crippen LogP contribution < -0.4 is 0 Å². The van der Waals surface area contributed by atoms with Gasteiger partial charge in [-0.05, 0) is 28.9 Å². The van der Waals surface area contributed by atoms with Crippen LogP contribution in [0.15, 0.2) is 60.7 Å². The SMILES string of the molecule is CC[S+](CCc1ccccc1)CCc1ccccc1. The molecule has 0 saturated carbocycles. The molecule has 19 heavy (non-hydrogen) atoms. The fraction of sp³-hybridized carbons (Fsp3) is 0.333. The van der Waals surface area contributed by atoms with Crippen molar-refractivity contribution in [3.63, 3.8) is 0 Å². The lowest BCUT2D eigenvalue weighted by molar-refractivity contribution is 1.10. The predicted octanol–water partition coefficient (Wildman–Crippen LogP) is 4.11. The molecule has 0 bridgehead atoms. The first-order valence-electron chi connectivity index (χ1n) is 7.10. The van der Waals surface area contributed by atoms with Gasteiger partial charge in [0.05, 0.1) is 0 Å². The Morgan fingerprint density at radius 2 is 1.11 bits per heavy atom. The van der Waals surface area contributed by atoms with Crippen LogP contribution in [0.1, 0.15) is 18.1 Å². The van der Waals surface area contributed by atoms with Crippen LogP contribution in [0, 0.1) is 0 Å². The number of rotatable bonds is 7. The summed E-state index contributed by atoms with van der Waals surface area (Å²) in [6.07, 6.45) is 2.46. The average molecular weight is 271 g/mol. The molecule has 100 valence electrons. The predicted molar refractivity (Wildman–Crippen MR) is 87.9 cm³/mol. The summed E-state index contributed by atoms with van der Waals surface area (Å²) in [4.78, 5) is 0. The van der Waals surface area contributed by atoms with E-state index in [-0.39, 0.29) is 0 Å². The van der Waals surface area contributed by atoms with Gasteiger partial charge in [0, 0.05) is 12.8 Å². The van der Waals surface area contributed by atoms with E-state index in [1.807, 2.05) is 0 Å². The van der Waals surface area contributed by atoms with Crippen LogP contribution in [0.2, 0.25) is 0 Å². The van der Waals surface area contributed by atoms with E-state index in [1.165, 1.54) is 41.2 Å². The first-order chi connectivity index (χ1) is 9.38. The van der Waals surface area contributed by atoms with Crippen molar-refractivity contribution >= 4 is 10.9 Å². The van der Waals surface area contributed by atoms with Crippen molar-refractivity contribution < 1.29 is 0 Å². The molecule has 0 atom stereocenters. The highest BCUT2D eigenvalue weighted by Crippen LogP contribution is 2.08. The highest BCUT2D eigenvalue weighted by molar-refractivity contribution is 7.96. The highest BCUT2D eigenvalue weighted by Gasteiger charge is 2.15. The maximum Gasteiger partial charge on any atom is 0.112 e. The molecule has 2 rings (SSSR count). The maximum absolute atomic E-state index is 2.33. The Morgan fingerprint density at radius 3 is 1.47 bits per heavy atom. The molecule has 0 spiro atoms. The van der Waals surface area contributed by atoms with Crippen LogP contribution in [-0.4, -0.2) is 17.3 Å². The van der Waals surface area contributed by atoms with Crippen LogP contribution in [0.25, 0.3) is 0 Å². The summed E-state index contributed by atoms with van der Waals surface area (Å²) >= 11 is 0. The van der Waals surface area contributed by atoms with Gasteiger partial charge < -0.3 is 0 Å². The molecule has 0 aliphatic heterocycles. The third-order valence-corrected chi connectivity index (χ3v) is 5.83. The Hall–Kier alpha value is -1.21. The Kier molecular flexibility index (Phi) is 6.03. The van der Waals surface area contributed by atoms with E-state index >= 15 is 0 Å². The Labute approximate surface area is 120 Å². The van der Waals surface area contributed by atoms with Gasteiger partial charge in [0.15, 0.2) is 0 Å². The summed E-state index contributed by atoms with van der Waals surface area (Å²) in [5.41, 5.74) is 2.96. The highest BCUT2D eigenvalue weighted by atomic mass is 32.2. The molecule has 0 amide bonds. The lowest BCUT2D eigenvalue weighted by Gasteiger charge is -2.07. The van der Waals surface area contributed by atoms with Crippen molar-refractivity contribution in [2.45, 2.75) is 19.8 Å². The van der Waals surface area contributed by atoms with Crippen molar-refractivity contribution in [3.8, 4) is 0 Å². The van der Waals surface area contributed by atoms with E-state index in [1.54, 1.807) is 0 Å². The summed E-state index contributed by atoms with van der Waals surface area (Å²) < 4.78 is 0. The van der Waals surface area contributed by atoms with Crippen LogP contribution in [-0.2, 0) is 23.7 Å². The molecule has 1 heteroatoms. The lowest BCUT2D eigenvalue weighted by atomic mass is 10.2. The van der Waals surface area contributed by atoms with Crippen molar-refractivity contribution in [2.75, 3.05) is 17.3 Å². The van der Waals surface area contributed by atoms with E-state index in [0.29, 0.717) is 10.9 Å². The molecule has 0 unspecified atom stereocenters. The van der Waals surface area contributed by atoms with Gasteiger partial charge in [-0.2, -0.15) is 0 Å². The van der Waals surface area contributed by atoms with Crippen LogP contribution in [0.3, 0.4) is 0 Å². The van der Waals surface area contributed by atoms with Crippen LogP contribution in [0.4, 0.5) is 0 Å². The van der Waals surface area contributed by atoms with Gasteiger partial charge in [-0.1, -0.05) is 60.7 Å². The standard InChI is InChI=1S/C18H23S/c1-2-19(15-13-17-9-5-3-6-10-17)16-14-18-11-7-4-8-12-18/h3-12H,2,13-16H2,1H3/q+1. The van der Waals surface area contributed by atoms with Crippen molar-refractivity contribution in [1.82, 2.24) is 0 Å². The second-order valence-corrected chi connectivity index (χ2v) is 7.40. The summed E-state index contributed by atoms with van der Waals surface area (Å²) in [7, 11) is 0.568. The van der Waals surface area contributed by atoms with Crippen LogP contribution in [0.5, 0.6) is 0 Å². The van der Waals surface area contributed by atoms with Gasteiger partial charge >= 0.3 is 0 Å². The van der Waals surface area contributed by atoms with Crippen molar-refractivity contribution in [3.05, 3.63) is 71.8 Å². The maximum atomic E-state index is 2.33. The Balaban J connectivity index is 1.77. The second kappa shape index (κ2) is 8.06. The van der Waals surface area contributed by atoms with E-state index in [4.69, 9.17) is 0 Å². The van der Waals surface area contributed by atoms with Crippen molar-refractivity contribution in [1.29, 1.82) is 0 Å². The summed E-state index contributed by atoms with van der Waals surface area (Å²) in [6, 6.07) is 21.7. The molecular formula is C18H23S+. The molecule has 0 aliphatic rings. The minimum atomic E-state index is 0.568. The number of aryl methyl sites for hydroxylation is 2. The van der Waals surface area contributed by atoms with Gasteiger partial charge in [0.2, 0.25) is 0 Å². The van der Waals surface area contributed by atoms with E-state index in [9.17, 15) is 0 Å². The van der Waals surface area contributed by atoms with Crippen molar-refractivity contribution in [2.24, 2.45) is 0 Å². The molecule has 0 saturated heterocycles. The third-order valence-electron chi connectivity index (χ3n) is 3.45. The zero-order valence-corrected chi connectivity index (χ0v) is 12.5. The third kappa shape index (κ3) is 5.12. The number of benzene rings is 2. The smallest absolute Gasteiger partial charge is 0.0622 e. The average Bonchev–Trinajstić information content (AvgIpc) is 2.49. The second-order valence-electron chi connectivity index (χ2n) is 4.78. The largest absolute Gasteiger partial charge is 0.112 e. The van der Waals surface area contributed by atoms with Gasteiger partial charge in [0.25, 0.3) is 0 Å². The first-order valence-corrected chi connectivity index (χ1v) is 8.83. The molecule has 0 aromatic heterocycles. The zero-order valence-electron chi connectivity index (χ0n) is 11.7. The van der Waals surface area contributed by atoms with Gasteiger partial charge in [-0.15, -0.1) is 0 Å². The molecule has 2 aromatic rings. The number of hydrogen-bond donors (Lipinski definition) is 0. The van der Waals surface area contributed by atoms with Gasteiger partial charge in [0.1, 0.15) is 17.3 Å². The van der Waals surface area contributed by atoms with E-state index in [0.717, 1.165) is 0 Å². The summed E-state index contributed by atoms with van der Waals surface area (Å²) in [5, 5.41) is 0. The molecule has 0 nitrogen and oxygen atoms in total. The minimum Gasteiger partial charge on any atom is -0.0622 e. The molecular weight excluding hydrogens is 248 g/mol. The van der Waals surface area contributed by atoms with Gasteiger partial charge in [-0.3, -0.25) is 0 Å². The minimum absolute atomic E-state index is 0.568. The summed E-state index contributed by atoms with van der Waals surface area (Å²) in [5.74, 6) is 4.00. The van der Waals surface area contributed by atoms with Crippen LogP contribution >= 0.6 is 0 Å². The fourth-order valence-electron chi connectivity index (χ4n) is 2.20. The van der Waals surface area contributed by atoms with E-state index < -0.39 is 0 Å². The molecule has 0 fully saturated rings. The van der Waals surface area contributed by atoms with Gasteiger partial charge in [-0.25, -0.2) is 0 Å². The first kappa shape index (κ1) is 14.2. The zero-order chi connectivity index (χ0) is 13.3. The quantitative estimate of drug-likeness (QED) is 0.665. The normalized spacial score (nSPS) is 10.8. The molecule has 2 aromatic carbocycles. The monoisotopic (exact) mass is 271 g/mol. The molecule has 0 aliphatic carbocycles. The van der Waals surface area contributed by atoms with E-state index in [2.05, 4.69) is 67.6 Å². The molecule has 0 radical (unpaired) electrons. The number of hydrogen-bond acceptors (Lipinski definition) is 0. The summed E-state index contributed by atoms with van der Waals surface area (Å²) in [6.45, 7) is 2.33. The Morgan fingerprint density at radius 1 is 0.684 bits per heavy atom. The molecule has 0 N–H and O–H groups in total. The lowest BCUT2D eigenvalue weighted by Crippen LogP contribution is -2.18.